The molecule has 0 spiro atoms. The van der Waals surface area contributed by atoms with Crippen LogP contribution < -0.4 is 15.4 Å². The molecule has 2 N–H and O–H groups in total. The van der Waals surface area contributed by atoms with Crippen LogP contribution >= 0.6 is 23.4 Å². The predicted octanol–water partition coefficient (Wildman–Crippen LogP) is 6.18. The van der Waals surface area contributed by atoms with E-state index in [4.69, 9.17) is 16.3 Å². The van der Waals surface area contributed by atoms with E-state index in [9.17, 15) is 9.59 Å². The van der Waals surface area contributed by atoms with Crippen molar-refractivity contribution < 1.29 is 14.3 Å². The summed E-state index contributed by atoms with van der Waals surface area (Å²) in [6, 6.07) is 22.0. The third-order valence-electron chi connectivity index (χ3n) is 4.63. The Balaban J connectivity index is 1.58. The van der Waals surface area contributed by atoms with Crippen LogP contribution in [0.15, 0.2) is 77.7 Å². The Morgan fingerprint density at radius 1 is 1.00 bits per heavy atom. The van der Waals surface area contributed by atoms with Gasteiger partial charge < -0.3 is 15.4 Å². The van der Waals surface area contributed by atoms with Crippen molar-refractivity contribution in [3.05, 3.63) is 83.4 Å². The maximum atomic E-state index is 12.8. The average Bonchev–Trinajstić information content (AvgIpc) is 2.79. The number of amides is 2. The molecule has 0 radical (unpaired) electrons. The molecular weight excluding hydrogens is 444 g/mol. The molecule has 3 aromatic carbocycles. The van der Waals surface area contributed by atoms with Crippen LogP contribution in [0.1, 0.15) is 18.9 Å². The van der Waals surface area contributed by atoms with E-state index in [2.05, 4.69) is 10.6 Å². The van der Waals surface area contributed by atoms with E-state index in [1.54, 1.807) is 30.3 Å². The summed E-state index contributed by atoms with van der Waals surface area (Å²) in [6.45, 7) is 3.81. The molecule has 7 heteroatoms. The predicted molar refractivity (Wildman–Crippen MR) is 132 cm³/mol. The van der Waals surface area contributed by atoms with Gasteiger partial charge in [0.15, 0.2) is 6.61 Å². The Bertz CT molecular complexity index is 1080. The Morgan fingerprint density at radius 2 is 1.78 bits per heavy atom. The van der Waals surface area contributed by atoms with Gasteiger partial charge in [0.2, 0.25) is 5.91 Å². The average molecular weight is 469 g/mol. The SMILES string of the molecule is CCC(Sc1cccc(NC(=O)COc2ccccc2)c1)C(=O)Nc1cc(Cl)ccc1C. The molecule has 0 aliphatic rings. The number of hydrogen-bond donors (Lipinski definition) is 2. The van der Waals surface area contributed by atoms with Crippen molar-refractivity contribution in [2.24, 2.45) is 0 Å². The van der Waals surface area contributed by atoms with Gasteiger partial charge in [-0.1, -0.05) is 48.9 Å². The van der Waals surface area contributed by atoms with Crippen molar-refractivity contribution in [1.29, 1.82) is 0 Å². The van der Waals surface area contributed by atoms with Crippen LogP contribution in [0.5, 0.6) is 5.75 Å². The van der Waals surface area contributed by atoms with E-state index in [1.165, 1.54) is 11.8 Å². The lowest BCUT2D eigenvalue weighted by Crippen LogP contribution is -2.25. The molecule has 0 heterocycles. The van der Waals surface area contributed by atoms with Crippen LogP contribution in [-0.4, -0.2) is 23.7 Å². The number of hydrogen-bond acceptors (Lipinski definition) is 4. The number of nitrogens with one attached hydrogen (secondary N) is 2. The van der Waals surface area contributed by atoms with Gasteiger partial charge in [-0.25, -0.2) is 0 Å². The van der Waals surface area contributed by atoms with Gasteiger partial charge in [0, 0.05) is 21.3 Å². The maximum Gasteiger partial charge on any atom is 0.262 e. The second-order valence-electron chi connectivity index (χ2n) is 7.14. The van der Waals surface area contributed by atoms with Crippen LogP contribution in [0.25, 0.3) is 0 Å². The van der Waals surface area contributed by atoms with E-state index in [-0.39, 0.29) is 23.7 Å². The monoisotopic (exact) mass is 468 g/mol. The van der Waals surface area contributed by atoms with E-state index < -0.39 is 0 Å². The molecule has 32 heavy (non-hydrogen) atoms. The smallest absolute Gasteiger partial charge is 0.262 e. The standard InChI is InChI=1S/C25H25ClN2O3S/c1-3-23(25(30)28-22-14-18(26)13-12-17(22)2)32-21-11-7-8-19(15-21)27-24(29)16-31-20-9-5-4-6-10-20/h4-15,23H,3,16H2,1-2H3,(H,27,29)(H,28,30). The minimum Gasteiger partial charge on any atom is -0.484 e. The number of benzene rings is 3. The summed E-state index contributed by atoms with van der Waals surface area (Å²) in [6.07, 6.45) is 0.650. The number of aryl methyl sites for hydroxylation is 1. The molecule has 166 valence electrons. The second-order valence-corrected chi connectivity index (χ2v) is 8.85. The number of anilines is 2. The molecule has 0 fully saturated rings. The number of halogens is 1. The highest BCUT2D eigenvalue weighted by molar-refractivity contribution is 8.00. The van der Waals surface area contributed by atoms with Crippen molar-refractivity contribution >= 4 is 46.6 Å². The first-order valence-electron chi connectivity index (χ1n) is 10.3. The Hall–Kier alpha value is -2.96. The highest BCUT2D eigenvalue weighted by Crippen LogP contribution is 2.29. The largest absolute Gasteiger partial charge is 0.484 e. The van der Waals surface area contributed by atoms with Crippen LogP contribution in [0.3, 0.4) is 0 Å². The summed E-state index contributed by atoms with van der Waals surface area (Å²) in [7, 11) is 0. The topological polar surface area (TPSA) is 67.4 Å². The van der Waals surface area contributed by atoms with Gasteiger partial charge in [-0.15, -0.1) is 11.8 Å². The number of carbonyl (C=O) groups excluding carboxylic acids is 2. The van der Waals surface area contributed by atoms with E-state index in [0.717, 1.165) is 10.5 Å². The molecule has 0 aromatic heterocycles. The third-order valence-corrected chi connectivity index (χ3v) is 6.22. The molecule has 0 aliphatic carbocycles. The molecule has 1 unspecified atom stereocenters. The summed E-state index contributed by atoms with van der Waals surface area (Å²) in [4.78, 5) is 25.9. The van der Waals surface area contributed by atoms with E-state index in [1.807, 2.05) is 56.3 Å². The number of thioether (sulfide) groups is 1. The number of para-hydroxylation sites is 1. The van der Waals surface area contributed by atoms with E-state index >= 15 is 0 Å². The molecule has 0 aliphatic heterocycles. The minimum atomic E-state index is -0.291. The highest BCUT2D eigenvalue weighted by atomic mass is 35.5. The zero-order valence-electron chi connectivity index (χ0n) is 17.9. The van der Waals surface area contributed by atoms with Crippen LogP contribution in [0.2, 0.25) is 5.02 Å². The lowest BCUT2D eigenvalue weighted by Gasteiger charge is -2.16. The highest BCUT2D eigenvalue weighted by Gasteiger charge is 2.19. The van der Waals surface area contributed by atoms with Crippen LogP contribution in [0.4, 0.5) is 11.4 Å². The zero-order valence-corrected chi connectivity index (χ0v) is 19.5. The van der Waals surface area contributed by atoms with Gasteiger partial charge in [0.1, 0.15) is 5.75 Å². The lowest BCUT2D eigenvalue weighted by atomic mass is 10.2. The van der Waals surface area contributed by atoms with Gasteiger partial charge in [0.25, 0.3) is 5.91 Å². The van der Waals surface area contributed by atoms with Gasteiger partial charge in [-0.3, -0.25) is 9.59 Å². The Morgan fingerprint density at radius 3 is 2.53 bits per heavy atom. The van der Waals surface area contributed by atoms with Crippen molar-refractivity contribution in [2.75, 3.05) is 17.2 Å². The number of ether oxygens (including phenoxy) is 1. The molecule has 2 amide bonds. The van der Waals surface area contributed by atoms with Gasteiger partial charge >= 0.3 is 0 Å². The summed E-state index contributed by atoms with van der Waals surface area (Å²) in [5.74, 6) is 0.296. The first-order chi connectivity index (χ1) is 15.4. The third kappa shape index (κ3) is 7.04. The number of carbonyl (C=O) groups is 2. The van der Waals surface area contributed by atoms with Crippen LogP contribution in [0, 0.1) is 6.92 Å². The summed E-state index contributed by atoms with van der Waals surface area (Å²) in [5, 5.41) is 6.09. The van der Waals surface area contributed by atoms with E-state index in [0.29, 0.717) is 28.6 Å². The molecule has 5 nitrogen and oxygen atoms in total. The first-order valence-corrected chi connectivity index (χ1v) is 11.5. The summed E-state index contributed by atoms with van der Waals surface area (Å²) < 4.78 is 5.48. The van der Waals surface area contributed by atoms with Crippen molar-refractivity contribution in [3.8, 4) is 5.75 Å². The minimum absolute atomic E-state index is 0.0830. The van der Waals surface area contributed by atoms with Crippen molar-refractivity contribution in [1.82, 2.24) is 0 Å². The van der Waals surface area contributed by atoms with Gasteiger partial charge in [-0.2, -0.15) is 0 Å². The fourth-order valence-electron chi connectivity index (χ4n) is 2.94. The fourth-order valence-corrected chi connectivity index (χ4v) is 4.12. The zero-order chi connectivity index (χ0) is 22.9. The molecule has 3 rings (SSSR count). The molecular formula is C25H25ClN2O3S. The maximum absolute atomic E-state index is 12.8. The van der Waals surface area contributed by atoms with Crippen molar-refractivity contribution in [2.45, 2.75) is 30.4 Å². The fraction of sp³-hybridized carbons (Fsp3) is 0.200. The molecule has 0 bridgehead atoms. The number of rotatable bonds is 9. The first kappa shape index (κ1) is 23.7. The van der Waals surface area contributed by atoms with Crippen LogP contribution in [-0.2, 0) is 9.59 Å². The summed E-state index contributed by atoms with van der Waals surface area (Å²) in [5.41, 5.74) is 2.31. The second kappa shape index (κ2) is 11.6. The Labute approximate surface area is 197 Å². The summed E-state index contributed by atoms with van der Waals surface area (Å²) >= 11 is 7.51. The van der Waals surface area contributed by atoms with Gasteiger partial charge in [-0.05, 0) is 61.4 Å². The molecule has 3 aromatic rings. The quantitative estimate of drug-likeness (QED) is 0.368. The van der Waals surface area contributed by atoms with Gasteiger partial charge in [0.05, 0.1) is 5.25 Å². The normalized spacial score (nSPS) is 11.5. The molecule has 0 saturated heterocycles. The lowest BCUT2D eigenvalue weighted by molar-refractivity contribution is -0.118. The Kier molecular flexibility index (Phi) is 8.59. The molecule has 1 atom stereocenters. The van der Waals surface area contributed by atoms with Crippen molar-refractivity contribution in [3.63, 3.8) is 0 Å². The molecule has 0 saturated carbocycles.